The molecule has 1 aromatic carbocycles. The molecule has 1 heterocycles. The van der Waals surface area contributed by atoms with E-state index < -0.39 is 22.7 Å². The first kappa shape index (κ1) is 24.0. The molecular formula is C24H35ClN2O4. The normalized spacial score (nSPS) is 28.4. The van der Waals surface area contributed by atoms with E-state index in [-0.39, 0.29) is 24.2 Å². The third kappa shape index (κ3) is 5.24. The van der Waals surface area contributed by atoms with E-state index >= 15 is 0 Å². The first-order chi connectivity index (χ1) is 14.3. The fourth-order valence-electron chi connectivity index (χ4n) is 4.96. The molecule has 31 heavy (non-hydrogen) atoms. The van der Waals surface area contributed by atoms with Crippen LogP contribution in [0.4, 0.5) is 0 Å². The second-order valence-corrected chi connectivity index (χ2v) is 11.0. The minimum Gasteiger partial charge on any atom is -0.393 e. The minimum absolute atomic E-state index is 0.0389. The molecule has 1 saturated carbocycles. The predicted octanol–water partition coefficient (Wildman–Crippen LogP) is 3.23. The van der Waals surface area contributed by atoms with Gasteiger partial charge >= 0.3 is 0 Å². The number of hydrogen-bond acceptors (Lipinski definition) is 4. The van der Waals surface area contributed by atoms with Gasteiger partial charge < -0.3 is 20.4 Å². The number of likely N-dealkylation sites (tertiary alicyclic amines) is 1. The number of rotatable bonds is 5. The Balaban J connectivity index is 1.62. The Bertz CT molecular complexity index is 823. The van der Waals surface area contributed by atoms with Gasteiger partial charge in [-0.3, -0.25) is 9.59 Å². The van der Waals surface area contributed by atoms with E-state index in [1.165, 1.54) is 0 Å². The van der Waals surface area contributed by atoms with Crippen molar-refractivity contribution in [1.82, 2.24) is 10.2 Å². The smallest absolute Gasteiger partial charge is 0.224 e. The third-order valence-corrected chi connectivity index (χ3v) is 7.21. The van der Waals surface area contributed by atoms with Gasteiger partial charge in [-0.2, -0.15) is 0 Å². The lowest BCUT2D eigenvalue weighted by molar-refractivity contribution is -0.154. The fraction of sp³-hybridized carbons (Fsp3) is 0.667. The lowest BCUT2D eigenvalue weighted by Gasteiger charge is -2.51. The van der Waals surface area contributed by atoms with Gasteiger partial charge in [0, 0.05) is 41.4 Å². The number of nitrogens with zero attached hydrogens (tertiary/aromatic N) is 1. The number of piperidine rings is 1. The molecule has 0 spiro atoms. The molecule has 1 aromatic rings. The lowest BCUT2D eigenvalue weighted by Crippen LogP contribution is -2.58. The highest BCUT2D eigenvalue weighted by molar-refractivity contribution is 6.30. The zero-order chi connectivity index (χ0) is 23.0. The van der Waals surface area contributed by atoms with Gasteiger partial charge in [0.05, 0.1) is 11.7 Å². The average Bonchev–Trinajstić information content (AvgIpc) is 3.10. The van der Waals surface area contributed by atoms with Gasteiger partial charge in [0.1, 0.15) is 0 Å². The maximum atomic E-state index is 13.1. The zero-order valence-electron chi connectivity index (χ0n) is 18.9. The second kappa shape index (κ2) is 8.72. The molecule has 2 aliphatic rings. The van der Waals surface area contributed by atoms with E-state index in [1.54, 1.807) is 17.0 Å². The van der Waals surface area contributed by atoms with E-state index in [2.05, 4.69) is 5.32 Å². The number of amides is 2. The second-order valence-electron chi connectivity index (χ2n) is 10.5. The molecule has 3 N–H and O–H groups in total. The van der Waals surface area contributed by atoms with Crippen molar-refractivity contribution in [3.05, 3.63) is 34.9 Å². The zero-order valence-corrected chi connectivity index (χ0v) is 19.7. The summed E-state index contributed by atoms with van der Waals surface area (Å²) in [6.07, 6.45) is 2.02. The molecule has 1 aliphatic heterocycles. The number of aliphatic hydroxyl groups excluding tert-OH is 1. The molecule has 1 saturated heterocycles. The third-order valence-electron chi connectivity index (χ3n) is 6.95. The van der Waals surface area contributed by atoms with Gasteiger partial charge in [-0.1, -0.05) is 37.6 Å². The molecule has 6 nitrogen and oxygen atoms in total. The number of aliphatic hydroxyl groups is 2. The average molecular weight is 451 g/mol. The largest absolute Gasteiger partial charge is 0.393 e. The Kier molecular flexibility index (Phi) is 6.76. The number of hydrogen-bond donors (Lipinski definition) is 3. The Morgan fingerprint density at radius 2 is 1.87 bits per heavy atom. The number of benzene rings is 1. The molecule has 172 valence electrons. The number of carbonyl (C=O) groups is 2. The summed E-state index contributed by atoms with van der Waals surface area (Å²) in [6, 6.07) is 7.24. The van der Waals surface area contributed by atoms with E-state index in [4.69, 9.17) is 11.6 Å². The summed E-state index contributed by atoms with van der Waals surface area (Å²) in [5, 5.41) is 24.8. The van der Waals surface area contributed by atoms with Crippen LogP contribution in [0.5, 0.6) is 0 Å². The van der Waals surface area contributed by atoms with Gasteiger partial charge in [0.15, 0.2) is 0 Å². The van der Waals surface area contributed by atoms with Gasteiger partial charge in [-0.15, -0.1) is 0 Å². The van der Waals surface area contributed by atoms with Crippen LogP contribution in [0.3, 0.4) is 0 Å². The highest BCUT2D eigenvalue weighted by Crippen LogP contribution is 2.46. The van der Waals surface area contributed by atoms with Crippen molar-refractivity contribution in [2.24, 2.45) is 11.3 Å². The summed E-state index contributed by atoms with van der Waals surface area (Å²) in [4.78, 5) is 27.4. The van der Waals surface area contributed by atoms with E-state index in [0.29, 0.717) is 43.8 Å². The standard InChI is InChI=1S/C24H35ClN2O4/c1-22(2)15-27(12-11-24(22,31)17-6-8-18(25)9-7-17)20(29)14-23(3,4)26-21(30)16-5-10-19(28)13-16/h6-9,16,19,28,31H,5,10-15H2,1-4H3,(H,26,30)/t16-,19-,24+/m1/s1. The molecule has 2 fully saturated rings. The predicted molar refractivity (Wildman–Crippen MR) is 121 cm³/mol. The van der Waals surface area contributed by atoms with E-state index in [1.807, 2.05) is 39.8 Å². The van der Waals surface area contributed by atoms with Crippen LogP contribution in [0.15, 0.2) is 24.3 Å². The highest BCUT2D eigenvalue weighted by Gasteiger charge is 2.50. The molecule has 1 aliphatic carbocycles. The Hall–Kier alpha value is -1.63. The lowest BCUT2D eigenvalue weighted by atomic mass is 9.66. The minimum atomic E-state index is -1.05. The first-order valence-corrected chi connectivity index (χ1v) is 11.5. The van der Waals surface area contributed by atoms with Crippen molar-refractivity contribution >= 4 is 23.4 Å². The van der Waals surface area contributed by atoms with Gasteiger partial charge in [-0.05, 0) is 57.2 Å². The maximum absolute atomic E-state index is 13.1. The van der Waals surface area contributed by atoms with Crippen molar-refractivity contribution in [2.45, 2.75) is 77.0 Å². The van der Waals surface area contributed by atoms with Crippen LogP contribution in [0.1, 0.15) is 65.4 Å². The molecule has 0 aromatic heterocycles. The van der Waals surface area contributed by atoms with Gasteiger partial charge in [0.25, 0.3) is 0 Å². The topological polar surface area (TPSA) is 89.9 Å². The Labute approximate surface area is 190 Å². The fourth-order valence-corrected chi connectivity index (χ4v) is 5.09. The van der Waals surface area contributed by atoms with Crippen LogP contribution in [-0.2, 0) is 15.2 Å². The molecule has 0 unspecified atom stereocenters. The number of halogens is 1. The van der Waals surface area contributed by atoms with E-state index in [0.717, 1.165) is 5.56 Å². The molecule has 3 rings (SSSR count). The summed E-state index contributed by atoms with van der Waals surface area (Å²) in [5.41, 5.74) is -1.49. The van der Waals surface area contributed by atoms with E-state index in [9.17, 15) is 19.8 Å². The summed E-state index contributed by atoms with van der Waals surface area (Å²) in [5.74, 6) is -0.318. The van der Waals surface area contributed by atoms with Crippen LogP contribution in [0.25, 0.3) is 0 Å². The molecular weight excluding hydrogens is 416 g/mol. The SMILES string of the molecule is CC(C)(CC(=O)N1CC[C@](O)(c2ccc(Cl)cc2)C(C)(C)C1)NC(=O)[C@@H]1CC[C@@H](O)C1. The van der Waals surface area contributed by atoms with Crippen LogP contribution in [-0.4, -0.2) is 51.7 Å². The molecule has 2 amide bonds. The van der Waals surface area contributed by atoms with Crippen LogP contribution < -0.4 is 5.32 Å². The van der Waals surface area contributed by atoms with Crippen molar-refractivity contribution in [3.63, 3.8) is 0 Å². The Morgan fingerprint density at radius 3 is 2.42 bits per heavy atom. The van der Waals surface area contributed by atoms with Crippen molar-refractivity contribution in [3.8, 4) is 0 Å². The number of nitrogens with one attached hydrogen (secondary N) is 1. The summed E-state index contributed by atoms with van der Waals surface area (Å²) in [7, 11) is 0. The maximum Gasteiger partial charge on any atom is 0.224 e. The quantitative estimate of drug-likeness (QED) is 0.642. The van der Waals surface area contributed by atoms with Gasteiger partial charge in [0.2, 0.25) is 11.8 Å². The molecule has 3 atom stereocenters. The van der Waals surface area contributed by atoms with Crippen LogP contribution >= 0.6 is 11.6 Å². The number of carbonyl (C=O) groups excluding carboxylic acids is 2. The molecule has 7 heteroatoms. The van der Waals surface area contributed by atoms with Crippen molar-refractivity contribution in [2.75, 3.05) is 13.1 Å². The molecule has 0 radical (unpaired) electrons. The molecule has 0 bridgehead atoms. The first-order valence-electron chi connectivity index (χ1n) is 11.1. The Morgan fingerprint density at radius 1 is 1.23 bits per heavy atom. The van der Waals surface area contributed by atoms with Crippen LogP contribution in [0, 0.1) is 11.3 Å². The van der Waals surface area contributed by atoms with Gasteiger partial charge in [-0.25, -0.2) is 0 Å². The highest BCUT2D eigenvalue weighted by atomic mass is 35.5. The van der Waals surface area contributed by atoms with Crippen molar-refractivity contribution in [1.29, 1.82) is 0 Å². The monoisotopic (exact) mass is 450 g/mol. The summed E-state index contributed by atoms with van der Waals surface area (Å²) >= 11 is 6.00. The van der Waals surface area contributed by atoms with Crippen LogP contribution in [0.2, 0.25) is 5.02 Å². The summed E-state index contributed by atoms with van der Waals surface area (Å²) < 4.78 is 0. The van der Waals surface area contributed by atoms with Crippen molar-refractivity contribution < 1.29 is 19.8 Å². The summed E-state index contributed by atoms with van der Waals surface area (Å²) in [6.45, 7) is 8.52.